The minimum absolute atomic E-state index is 0.0422. The molecule has 6 nitrogen and oxygen atoms in total. The van der Waals surface area contributed by atoms with Crippen molar-refractivity contribution in [1.29, 1.82) is 5.26 Å². The number of amides is 1. The monoisotopic (exact) mass is 494 g/mol. The zero-order valence-electron chi connectivity index (χ0n) is 21.2. The van der Waals surface area contributed by atoms with Crippen LogP contribution in [0.2, 0.25) is 0 Å². The average Bonchev–Trinajstić information content (AvgIpc) is 3.19. The number of thiophene rings is 1. The van der Waals surface area contributed by atoms with Crippen LogP contribution in [0.15, 0.2) is 29.8 Å². The second kappa shape index (κ2) is 11.5. The number of fused-ring (bicyclic) bond motifs is 1. The van der Waals surface area contributed by atoms with Crippen molar-refractivity contribution in [2.24, 2.45) is 11.3 Å². The maximum atomic E-state index is 13.0. The zero-order valence-corrected chi connectivity index (χ0v) is 22.0. The number of benzene rings is 1. The fourth-order valence-corrected chi connectivity index (χ4v) is 5.52. The molecule has 35 heavy (non-hydrogen) atoms. The summed E-state index contributed by atoms with van der Waals surface area (Å²) in [5.41, 5.74) is 2.20. The maximum absolute atomic E-state index is 13.0. The van der Waals surface area contributed by atoms with Crippen LogP contribution in [0.4, 0.5) is 5.00 Å². The van der Waals surface area contributed by atoms with Crippen LogP contribution in [-0.4, -0.2) is 25.6 Å². The van der Waals surface area contributed by atoms with E-state index >= 15 is 0 Å². The molecule has 2 aromatic rings. The Labute approximate surface area is 211 Å². The number of esters is 1. The molecule has 1 unspecified atom stereocenters. The lowest BCUT2D eigenvalue weighted by atomic mass is 9.72. The van der Waals surface area contributed by atoms with Gasteiger partial charge >= 0.3 is 5.97 Å². The number of hydrogen-bond acceptors (Lipinski definition) is 6. The molecule has 0 fully saturated rings. The molecule has 0 aliphatic heterocycles. The Morgan fingerprint density at radius 2 is 1.97 bits per heavy atom. The number of carbonyl (C=O) groups excluding carboxylic acids is 2. The van der Waals surface area contributed by atoms with Crippen LogP contribution in [0.5, 0.6) is 5.75 Å². The van der Waals surface area contributed by atoms with Crippen LogP contribution in [-0.2, 0) is 22.4 Å². The number of anilines is 1. The van der Waals surface area contributed by atoms with E-state index in [4.69, 9.17) is 9.47 Å². The predicted octanol–water partition coefficient (Wildman–Crippen LogP) is 6.41. The minimum atomic E-state index is -0.549. The Morgan fingerprint density at radius 3 is 2.57 bits per heavy atom. The first kappa shape index (κ1) is 26.5. The highest BCUT2D eigenvalue weighted by molar-refractivity contribution is 7.17. The third-order valence-corrected chi connectivity index (χ3v) is 7.60. The van der Waals surface area contributed by atoms with Gasteiger partial charge in [0.05, 0.1) is 19.3 Å². The van der Waals surface area contributed by atoms with Gasteiger partial charge in [-0.25, -0.2) is 4.79 Å². The molecule has 3 rings (SSSR count). The summed E-state index contributed by atoms with van der Waals surface area (Å²) in [6, 6.07) is 9.24. The summed E-state index contributed by atoms with van der Waals surface area (Å²) in [7, 11) is 1.34. The number of methoxy groups -OCH3 is 1. The molecule has 1 amide bonds. The highest BCUT2D eigenvalue weighted by atomic mass is 32.1. The van der Waals surface area contributed by atoms with Gasteiger partial charge in [-0.15, -0.1) is 11.3 Å². The van der Waals surface area contributed by atoms with Crippen molar-refractivity contribution in [3.63, 3.8) is 0 Å². The van der Waals surface area contributed by atoms with Crippen molar-refractivity contribution < 1.29 is 19.1 Å². The first-order chi connectivity index (χ1) is 16.7. The van der Waals surface area contributed by atoms with Crippen LogP contribution in [0.25, 0.3) is 6.08 Å². The lowest BCUT2D eigenvalue weighted by molar-refractivity contribution is -0.112. The van der Waals surface area contributed by atoms with Crippen molar-refractivity contribution >= 4 is 34.3 Å². The summed E-state index contributed by atoms with van der Waals surface area (Å²) in [5, 5.41) is 12.9. The molecular formula is C28H34N2O4S. The van der Waals surface area contributed by atoms with E-state index in [0.29, 0.717) is 28.7 Å². The summed E-state index contributed by atoms with van der Waals surface area (Å²) in [4.78, 5) is 26.7. The number of nitriles is 1. The highest BCUT2D eigenvalue weighted by Gasteiger charge is 2.34. The summed E-state index contributed by atoms with van der Waals surface area (Å²) < 4.78 is 10.7. The van der Waals surface area contributed by atoms with Crippen LogP contribution in [0.3, 0.4) is 0 Å². The predicted molar refractivity (Wildman–Crippen MR) is 140 cm³/mol. The summed E-state index contributed by atoms with van der Waals surface area (Å²) in [6.07, 6.45) is 6.18. The number of unbranched alkanes of at least 4 members (excludes halogenated alkanes) is 1. The zero-order chi connectivity index (χ0) is 25.6. The lowest BCUT2D eigenvalue weighted by Gasteiger charge is -2.33. The fraction of sp³-hybridized carbons (Fsp3) is 0.464. The number of hydrogen-bond donors (Lipinski definition) is 1. The molecule has 1 N–H and O–H groups in total. The molecule has 1 aromatic heterocycles. The van der Waals surface area contributed by atoms with E-state index in [1.807, 2.05) is 30.3 Å². The SMILES string of the molecule is CCCCOc1ccc(/C=C(\C#N)C(=O)Nc2sc3c(c2C(=O)OC)CCC(C(C)(C)C)C3)cc1. The van der Waals surface area contributed by atoms with Gasteiger partial charge in [-0.05, 0) is 66.4 Å². The Balaban J connectivity index is 1.82. The molecule has 0 saturated heterocycles. The normalized spacial score (nSPS) is 15.7. The number of ether oxygens (including phenoxy) is 2. The molecule has 0 bridgehead atoms. The van der Waals surface area contributed by atoms with E-state index < -0.39 is 11.9 Å². The molecule has 0 spiro atoms. The molecule has 7 heteroatoms. The number of nitrogens with one attached hydrogen (secondary N) is 1. The van der Waals surface area contributed by atoms with E-state index in [9.17, 15) is 14.9 Å². The van der Waals surface area contributed by atoms with Crippen molar-refractivity contribution in [2.75, 3.05) is 19.0 Å². The first-order valence-electron chi connectivity index (χ1n) is 12.1. The van der Waals surface area contributed by atoms with Crippen LogP contribution in [0.1, 0.15) is 73.3 Å². The molecule has 0 radical (unpaired) electrons. The van der Waals surface area contributed by atoms with Crippen molar-refractivity contribution in [1.82, 2.24) is 0 Å². The van der Waals surface area contributed by atoms with E-state index in [1.54, 1.807) is 0 Å². The van der Waals surface area contributed by atoms with E-state index in [0.717, 1.165) is 48.3 Å². The standard InChI is InChI=1S/C28H34N2O4S/c1-6-7-14-34-21-11-8-18(9-12-21)15-19(17-29)25(31)30-26-24(27(32)33-5)22-13-10-20(28(2,3)4)16-23(22)35-26/h8-9,11-12,15,20H,6-7,10,13-14,16H2,1-5H3,(H,30,31)/b19-15+. The molecule has 186 valence electrons. The number of rotatable bonds is 8. The van der Waals surface area contributed by atoms with Gasteiger partial charge in [-0.1, -0.05) is 46.2 Å². The van der Waals surface area contributed by atoms with Gasteiger partial charge in [0.25, 0.3) is 5.91 Å². The number of carbonyl (C=O) groups is 2. The van der Waals surface area contributed by atoms with Crippen LogP contribution < -0.4 is 10.1 Å². The fourth-order valence-electron chi connectivity index (χ4n) is 4.21. The smallest absolute Gasteiger partial charge is 0.341 e. The third kappa shape index (κ3) is 6.52. The molecular weight excluding hydrogens is 460 g/mol. The van der Waals surface area contributed by atoms with E-state index in [-0.39, 0.29) is 11.0 Å². The van der Waals surface area contributed by atoms with Crippen LogP contribution in [0, 0.1) is 22.7 Å². The van der Waals surface area contributed by atoms with Gasteiger partial charge < -0.3 is 14.8 Å². The van der Waals surface area contributed by atoms with Gasteiger partial charge in [0.1, 0.15) is 22.4 Å². The van der Waals surface area contributed by atoms with E-state index in [1.165, 1.54) is 24.5 Å². The second-order valence-corrected chi connectivity index (χ2v) is 11.0. The second-order valence-electron chi connectivity index (χ2n) is 9.90. The average molecular weight is 495 g/mol. The van der Waals surface area contributed by atoms with Crippen molar-refractivity contribution in [3.8, 4) is 11.8 Å². The Morgan fingerprint density at radius 1 is 1.26 bits per heavy atom. The van der Waals surface area contributed by atoms with Gasteiger partial charge in [0.2, 0.25) is 0 Å². The Hall–Kier alpha value is -3.11. The Kier molecular flexibility index (Phi) is 8.74. The number of nitrogens with zero attached hydrogens (tertiary/aromatic N) is 1. The largest absolute Gasteiger partial charge is 0.494 e. The highest BCUT2D eigenvalue weighted by Crippen LogP contribution is 2.44. The maximum Gasteiger partial charge on any atom is 0.341 e. The summed E-state index contributed by atoms with van der Waals surface area (Å²) in [6.45, 7) is 9.45. The molecule has 1 atom stereocenters. The van der Waals surface area contributed by atoms with Crippen molar-refractivity contribution in [2.45, 2.75) is 59.8 Å². The quantitative estimate of drug-likeness (QED) is 0.198. The van der Waals surface area contributed by atoms with E-state index in [2.05, 4.69) is 33.0 Å². The van der Waals surface area contributed by atoms with Gasteiger partial charge in [0, 0.05) is 4.88 Å². The molecule has 1 aliphatic carbocycles. The van der Waals surface area contributed by atoms with Gasteiger partial charge in [0.15, 0.2) is 0 Å². The summed E-state index contributed by atoms with van der Waals surface area (Å²) >= 11 is 1.41. The molecule has 1 aromatic carbocycles. The van der Waals surface area contributed by atoms with Crippen molar-refractivity contribution in [3.05, 3.63) is 51.4 Å². The van der Waals surface area contributed by atoms with Gasteiger partial charge in [-0.2, -0.15) is 5.26 Å². The first-order valence-corrected chi connectivity index (χ1v) is 12.9. The topological polar surface area (TPSA) is 88.4 Å². The van der Waals surface area contributed by atoms with Crippen LogP contribution >= 0.6 is 11.3 Å². The lowest BCUT2D eigenvalue weighted by Crippen LogP contribution is -2.26. The third-order valence-electron chi connectivity index (χ3n) is 6.43. The minimum Gasteiger partial charge on any atom is -0.494 e. The Bertz CT molecular complexity index is 1130. The van der Waals surface area contributed by atoms with Gasteiger partial charge in [-0.3, -0.25) is 4.79 Å². The molecule has 1 heterocycles. The molecule has 1 aliphatic rings. The molecule has 0 saturated carbocycles. The summed E-state index contributed by atoms with van der Waals surface area (Å²) in [5.74, 6) is 0.227.